The number of aryl methyl sites for hydroxylation is 1. The third-order valence-corrected chi connectivity index (χ3v) is 2.88. The van der Waals surface area contributed by atoms with Gasteiger partial charge in [-0.2, -0.15) is 0 Å². The summed E-state index contributed by atoms with van der Waals surface area (Å²) in [7, 11) is 1.24. The molecule has 0 unspecified atom stereocenters. The number of non-ortho nitro benzene ring substituents is 1. The summed E-state index contributed by atoms with van der Waals surface area (Å²) in [5.41, 5.74) is 0.668. The van der Waals surface area contributed by atoms with Gasteiger partial charge in [0.1, 0.15) is 6.54 Å². The fourth-order valence-corrected chi connectivity index (χ4v) is 1.67. The van der Waals surface area contributed by atoms with Gasteiger partial charge in [0, 0.05) is 24.2 Å². The zero-order valence-electron chi connectivity index (χ0n) is 11.6. The second-order valence-corrected chi connectivity index (χ2v) is 4.15. The van der Waals surface area contributed by atoms with Crippen LogP contribution < -0.4 is 0 Å². The molecule has 7 heteroatoms. The Kier molecular flexibility index (Phi) is 5.19. The summed E-state index contributed by atoms with van der Waals surface area (Å²) >= 11 is 0. The van der Waals surface area contributed by atoms with E-state index in [4.69, 9.17) is 0 Å². The van der Waals surface area contributed by atoms with Gasteiger partial charge >= 0.3 is 5.97 Å². The fourth-order valence-electron chi connectivity index (χ4n) is 1.67. The molecule has 108 valence electrons. The summed E-state index contributed by atoms with van der Waals surface area (Å²) < 4.78 is 4.52. The molecule has 0 aliphatic heterocycles. The maximum atomic E-state index is 12.3. The van der Waals surface area contributed by atoms with E-state index in [9.17, 15) is 19.7 Å². The SMILES string of the molecule is CCN(CC(=O)OC)C(=O)c1cc([N+](=O)[O-])ccc1C. The van der Waals surface area contributed by atoms with E-state index in [-0.39, 0.29) is 17.8 Å². The Labute approximate surface area is 116 Å². The lowest BCUT2D eigenvalue weighted by Gasteiger charge is -2.20. The van der Waals surface area contributed by atoms with Gasteiger partial charge in [0.2, 0.25) is 0 Å². The van der Waals surface area contributed by atoms with Crippen molar-refractivity contribution in [2.24, 2.45) is 0 Å². The zero-order chi connectivity index (χ0) is 15.3. The molecule has 0 aliphatic carbocycles. The van der Waals surface area contributed by atoms with Gasteiger partial charge in [-0.15, -0.1) is 0 Å². The lowest BCUT2D eigenvalue weighted by Crippen LogP contribution is -2.36. The number of nitro groups is 1. The first-order valence-corrected chi connectivity index (χ1v) is 6.01. The van der Waals surface area contributed by atoms with E-state index in [0.717, 1.165) is 0 Å². The Bertz CT molecular complexity index is 542. The van der Waals surface area contributed by atoms with Crippen LogP contribution in [-0.2, 0) is 9.53 Å². The minimum atomic E-state index is -0.563. The smallest absolute Gasteiger partial charge is 0.325 e. The monoisotopic (exact) mass is 280 g/mol. The second-order valence-electron chi connectivity index (χ2n) is 4.15. The third kappa shape index (κ3) is 3.53. The second kappa shape index (κ2) is 6.65. The van der Waals surface area contributed by atoms with E-state index < -0.39 is 16.8 Å². The lowest BCUT2D eigenvalue weighted by molar-refractivity contribution is -0.384. The fraction of sp³-hybridized carbons (Fsp3) is 0.385. The molecule has 0 spiro atoms. The molecule has 0 saturated heterocycles. The summed E-state index contributed by atoms with van der Waals surface area (Å²) in [6.45, 7) is 3.51. The maximum Gasteiger partial charge on any atom is 0.325 e. The standard InChI is InChI=1S/C13H16N2O5/c1-4-14(8-12(16)20-3)13(17)11-7-10(15(18)19)6-5-9(11)2/h5-7H,4,8H2,1-3H3. The van der Waals surface area contributed by atoms with Crippen molar-refractivity contribution in [2.75, 3.05) is 20.2 Å². The van der Waals surface area contributed by atoms with Gasteiger partial charge in [-0.3, -0.25) is 19.7 Å². The highest BCUT2D eigenvalue weighted by molar-refractivity contribution is 5.97. The molecule has 1 aromatic carbocycles. The van der Waals surface area contributed by atoms with E-state index in [1.54, 1.807) is 13.8 Å². The minimum Gasteiger partial charge on any atom is -0.468 e. The topological polar surface area (TPSA) is 89.8 Å². The molecular weight excluding hydrogens is 264 g/mol. The Morgan fingerprint density at radius 1 is 1.40 bits per heavy atom. The van der Waals surface area contributed by atoms with E-state index >= 15 is 0 Å². The molecule has 0 atom stereocenters. The number of carbonyl (C=O) groups is 2. The number of amides is 1. The Balaban J connectivity index is 3.08. The number of benzene rings is 1. The number of carbonyl (C=O) groups excluding carboxylic acids is 2. The summed E-state index contributed by atoms with van der Waals surface area (Å²) in [4.78, 5) is 35.0. The van der Waals surface area contributed by atoms with Crippen molar-refractivity contribution < 1.29 is 19.2 Å². The molecule has 0 fully saturated rings. The molecule has 1 amide bonds. The molecule has 0 radical (unpaired) electrons. The number of hydrogen-bond donors (Lipinski definition) is 0. The molecule has 0 heterocycles. The van der Waals surface area contributed by atoms with Crippen molar-refractivity contribution in [3.05, 3.63) is 39.4 Å². The Hall–Kier alpha value is -2.44. The number of hydrogen-bond acceptors (Lipinski definition) is 5. The molecular formula is C13H16N2O5. The highest BCUT2D eigenvalue weighted by Crippen LogP contribution is 2.19. The Morgan fingerprint density at radius 3 is 2.55 bits per heavy atom. The molecule has 20 heavy (non-hydrogen) atoms. The average Bonchev–Trinajstić information content (AvgIpc) is 2.43. The minimum absolute atomic E-state index is 0.159. The molecule has 0 aliphatic rings. The summed E-state index contributed by atoms with van der Waals surface area (Å²) in [5.74, 6) is -0.970. The van der Waals surface area contributed by atoms with Crippen LogP contribution in [0.3, 0.4) is 0 Å². The first kappa shape index (κ1) is 15.6. The quantitative estimate of drug-likeness (QED) is 0.463. The number of rotatable bonds is 5. The maximum absolute atomic E-state index is 12.3. The highest BCUT2D eigenvalue weighted by atomic mass is 16.6. The van der Waals surface area contributed by atoms with Crippen LogP contribution in [0.5, 0.6) is 0 Å². The number of nitrogens with zero attached hydrogens (tertiary/aromatic N) is 2. The molecule has 1 rings (SSSR count). The number of methoxy groups -OCH3 is 1. The number of likely N-dealkylation sites (N-methyl/N-ethyl adjacent to an activating group) is 1. The van der Waals surface area contributed by atoms with Crippen molar-refractivity contribution in [3.8, 4) is 0 Å². The average molecular weight is 280 g/mol. The van der Waals surface area contributed by atoms with Crippen molar-refractivity contribution in [3.63, 3.8) is 0 Å². The van der Waals surface area contributed by atoms with Crippen molar-refractivity contribution in [1.82, 2.24) is 4.90 Å². The zero-order valence-corrected chi connectivity index (χ0v) is 11.6. The van der Waals surface area contributed by atoms with Gasteiger partial charge in [-0.25, -0.2) is 0 Å². The molecule has 1 aromatic rings. The molecule has 7 nitrogen and oxygen atoms in total. The Morgan fingerprint density at radius 2 is 2.05 bits per heavy atom. The summed E-state index contributed by atoms with van der Waals surface area (Å²) in [5, 5.41) is 10.8. The summed E-state index contributed by atoms with van der Waals surface area (Å²) in [6, 6.07) is 4.07. The van der Waals surface area contributed by atoms with Gasteiger partial charge in [0.25, 0.3) is 11.6 Å². The number of ether oxygens (including phenoxy) is 1. The van der Waals surface area contributed by atoms with E-state index in [0.29, 0.717) is 12.1 Å². The van der Waals surface area contributed by atoms with Gasteiger partial charge < -0.3 is 9.64 Å². The predicted molar refractivity (Wildman–Crippen MR) is 71.4 cm³/mol. The van der Waals surface area contributed by atoms with Gasteiger partial charge in [-0.05, 0) is 19.4 Å². The van der Waals surface area contributed by atoms with Crippen LogP contribution in [-0.4, -0.2) is 41.9 Å². The van der Waals surface area contributed by atoms with Crippen LogP contribution in [0.25, 0.3) is 0 Å². The summed E-state index contributed by atoms with van der Waals surface area (Å²) in [6.07, 6.45) is 0. The first-order chi connectivity index (χ1) is 9.40. The van der Waals surface area contributed by atoms with Gasteiger partial charge in [-0.1, -0.05) is 6.07 Å². The van der Waals surface area contributed by atoms with Crippen molar-refractivity contribution in [2.45, 2.75) is 13.8 Å². The van der Waals surface area contributed by atoms with E-state index in [1.165, 1.54) is 30.2 Å². The molecule has 0 aromatic heterocycles. The van der Waals surface area contributed by atoms with Crippen LogP contribution in [0.2, 0.25) is 0 Å². The molecule has 0 bridgehead atoms. The number of nitro benzene ring substituents is 1. The first-order valence-electron chi connectivity index (χ1n) is 6.01. The van der Waals surface area contributed by atoms with Gasteiger partial charge in [0.05, 0.1) is 12.0 Å². The highest BCUT2D eigenvalue weighted by Gasteiger charge is 2.21. The van der Waals surface area contributed by atoms with Crippen molar-refractivity contribution in [1.29, 1.82) is 0 Å². The van der Waals surface area contributed by atoms with Crippen LogP contribution in [0, 0.1) is 17.0 Å². The third-order valence-electron chi connectivity index (χ3n) is 2.88. The normalized spacial score (nSPS) is 9.95. The molecule has 0 saturated carbocycles. The van der Waals surface area contributed by atoms with Gasteiger partial charge in [0.15, 0.2) is 0 Å². The lowest BCUT2D eigenvalue weighted by atomic mass is 10.1. The van der Waals surface area contributed by atoms with Crippen LogP contribution in [0.4, 0.5) is 5.69 Å². The van der Waals surface area contributed by atoms with E-state index in [2.05, 4.69) is 4.74 Å². The van der Waals surface area contributed by atoms with Crippen LogP contribution >= 0.6 is 0 Å². The number of esters is 1. The van der Waals surface area contributed by atoms with Crippen LogP contribution in [0.15, 0.2) is 18.2 Å². The predicted octanol–water partition coefficient (Wildman–Crippen LogP) is 1.54. The largest absolute Gasteiger partial charge is 0.468 e. The van der Waals surface area contributed by atoms with Crippen molar-refractivity contribution >= 4 is 17.6 Å². The molecule has 0 N–H and O–H groups in total. The van der Waals surface area contributed by atoms with E-state index in [1.807, 2.05) is 0 Å². The van der Waals surface area contributed by atoms with Crippen LogP contribution in [0.1, 0.15) is 22.8 Å².